The molecule has 0 radical (unpaired) electrons. The number of carbonyl (C=O) groups is 2. The van der Waals surface area contributed by atoms with E-state index in [4.69, 9.17) is 49.4 Å². The van der Waals surface area contributed by atoms with Crippen LogP contribution in [0.25, 0.3) is 0 Å². The number of hydrogen-bond donors (Lipinski definition) is 6. The van der Waals surface area contributed by atoms with E-state index in [2.05, 4.69) is 0 Å². The van der Waals surface area contributed by atoms with Crippen LogP contribution in [-0.2, 0) is 16.1 Å². The Kier molecular flexibility index (Phi) is 10.2. The molecule has 1 aliphatic heterocycles. The van der Waals surface area contributed by atoms with Crippen LogP contribution >= 0.6 is 23.2 Å². The Morgan fingerprint density at radius 1 is 1.16 bits per heavy atom. The SMILES string of the molecule is CC(C)(O)CC[N+]1(Cc2ccc(Cl)cc2Cl)CC(CN)C1.O=C(O)C(O)C(O)C(=O)O. The molecule has 7 N–H and O–H groups in total. The van der Waals surface area contributed by atoms with Crippen molar-refractivity contribution < 1.29 is 39.6 Å². The Morgan fingerprint density at radius 2 is 1.68 bits per heavy atom. The molecule has 1 heterocycles. The Morgan fingerprint density at radius 3 is 2.06 bits per heavy atom. The van der Waals surface area contributed by atoms with Gasteiger partial charge in [-0.1, -0.05) is 29.3 Å². The highest BCUT2D eigenvalue weighted by Gasteiger charge is 2.44. The molecule has 2 unspecified atom stereocenters. The van der Waals surface area contributed by atoms with E-state index >= 15 is 0 Å². The molecule has 1 aromatic carbocycles. The number of halogens is 2. The summed E-state index contributed by atoms with van der Waals surface area (Å²) >= 11 is 12.3. The normalized spacial score (nSPS) is 22.5. The predicted octanol–water partition coefficient (Wildman–Crippen LogP) is 0.937. The number of nitrogens with zero attached hydrogens (tertiary/aromatic N) is 1. The summed E-state index contributed by atoms with van der Waals surface area (Å²) in [5.74, 6) is -2.96. The Labute approximate surface area is 191 Å². The number of benzene rings is 1. The van der Waals surface area contributed by atoms with Gasteiger partial charge < -0.3 is 35.7 Å². The zero-order chi connectivity index (χ0) is 24.0. The van der Waals surface area contributed by atoms with Gasteiger partial charge in [0.25, 0.3) is 0 Å². The molecule has 176 valence electrons. The third-order valence-electron chi connectivity index (χ3n) is 5.15. The molecule has 0 spiro atoms. The quantitative estimate of drug-likeness (QED) is 0.284. The van der Waals surface area contributed by atoms with Crippen molar-refractivity contribution in [2.24, 2.45) is 11.7 Å². The summed E-state index contributed by atoms with van der Waals surface area (Å²) in [7, 11) is 0. The predicted molar refractivity (Wildman–Crippen MR) is 116 cm³/mol. The summed E-state index contributed by atoms with van der Waals surface area (Å²) in [4.78, 5) is 19.5. The molecule has 9 nitrogen and oxygen atoms in total. The molecule has 1 aromatic rings. The van der Waals surface area contributed by atoms with Crippen molar-refractivity contribution in [3.8, 4) is 0 Å². The number of aliphatic hydroxyl groups is 3. The largest absolute Gasteiger partial charge is 0.479 e. The van der Waals surface area contributed by atoms with Gasteiger partial charge >= 0.3 is 11.9 Å². The highest BCUT2D eigenvalue weighted by Crippen LogP contribution is 2.33. The van der Waals surface area contributed by atoms with Crippen LogP contribution in [-0.4, -0.2) is 85.9 Å². The molecule has 0 aromatic heterocycles. The first-order valence-corrected chi connectivity index (χ1v) is 10.5. The second kappa shape index (κ2) is 11.4. The van der Waals surface area contributed by atoms with E-state index in [0.717, 1.165) is 54.2 Å². The highest BCUT2D eigenvalue weighted by atomic mass is 35.5. The lowest BCUT2D eigenvalue weighted by Crippen LogP contribution is -2.65. The Hall–Kier alpha value is -1.46. The summed E-state index contributed by atoms with van der Waals surface area (Å²) in [5.41, 5.74) is 6.26. The number of aliphatic carboxylic acids is 2. The van der Waals surface area contributed by atoms with E-state index in [1.54, 1.807) is 6.07 Å². The van der Waals surface area contributed by atoms with Crippen molar-refractivity contribution in [3.05, 3.63) is 33.8 Å². The number of carboxylic acids is 2. The molecule has 1 saturated heterocycles. The lowest BCUT2D eigenvalue weighted by molar-refractivity contribution is -0.985. The van der Waals surface area contributed by atoms with Gasteiger partial charge in [0.05, 0.1) is 36.2 Å². The maximum absolute atomic E-state index is 10.0. The number of quaternary nitrogens is 1. The minimum absolute atomic E-state index is 0.581. The Balaban J connectivity index is 0.000000407. The monoisotopic (exact) mass is 481 g/mol. The van der Waals surface area contributed by atoms with Gasteiger partial charge in [-0.25, -0.2) is 9.59 Å². The van der Waals surface area contributed by atoms with E-state index in [0.29, 0.717) is 10.9 Å². The molecule has 0 saturated carbocycles. The average molecular weight is 482 g/mol. The molecular formula is C20H31Cl2N2O7+. The summed E-state index contributed by atoms with van der Waals surface area (Å²) < 4.78 is 0.952. The second-order valence-electron chi connectivity index (χ2n) is 8.55. The van der Waals surface area contributed by atoms with Crippen molar-refractivity contribution >= 4 is 35.1 Å². The molecule has 0 aliphatic carbocycles. The van der Waals surface area contributed by atoms with Gasteiger partial charge in [0.15, 0.2) is 12.2 Å². The van der Waals surface area contributed by atoms with E-state index in [1.165, 1.54) is 0 Å². The summed E-state index contributed by atoms with van der Waals surface area (Å²) in [6.07, 6.45) is -3.76. The van der Waals surface area contributed by atoms with Crippen LogP contribution in [0, 0.1) is 5.92 Å². The first-order valence-electron chi connectivity index (χ1n) is 9.73. The van der Waals surface area contributed by atoms with Crippen LogP contribution < -0.4 is 5.73 Å². The summed E-state index contributed by atoms with van der Waals surface area (Å²) in [6.45, 7) is 8.40. The van der Waals surface area contributed by atoms with Crippen molar-refractivity contribution in [1.82, 2.24) is 0 Å². The molecule has 1 fully saturated rings. The van der Waals surface area contributed by atoms with Gasteiger partial charge in [-0.05, 0) is 26.0 Å². The van der Waals surface area contributed by atoms with Crippen LogP contribution in [0.15, 0.2) is 18.2 Å². The average Bonchev–Trinajstić information content (AvgIpc) is 2.63. The smallest absolute Gasteiger partial charge is 0.335 e. The number of aliphatic hydroxyl groups excluding tert-OH is 2. The zero-order valence-electron chi connectivity index (χ0n) is 17.5. The molecule has 31 heavy (non-hydrogen) atoms. The van der Waals surface area contributed by atoms with Crippen molar-refractivity contribution in [2.45, 2.75) is 44.6 Å². The van der Waals surface area contributed by atoms with Crippen molar-refractivity contribution in [3.63, 3.8) is 0 Å². The van der Waals surface area contributed by atoms with Crippen LogP contribution in [0.4, 0.5) is 0 Å². The molecule has 2 atom stereocenters. The lowest BCUT2D eigenvalue weighted by Gasteiger charge is -2.51. The molecule has 2 rings (SSSR count). The first-order chi connectivity index (χ1) is 14.2. The van der Waals surface area contributed by atoms with Gasteiger partial charge in [0.1, 0.15) is 6.54 Å². The molecule has 0 bridgehead atoms. The third-order valence-corrected chi connectivity index (χ3v) is 5.74. The number of hydrogen-bond acceptors (Lipinski definition) is 6. The van der Waals surface area contributed by atoms with Gasteiger partial charge in [0.2, 0.25) is 0 Å². The van der Waals surface area contributed by atoms with E-state index in [9.17, 15) is 14.7 Å². The fourth-order valence-electron chi connectivity index (χ4n) is 3.37. The van der Waals surface area contributed by atoms with Crippen LogP contribution in [0.2, 0.25) is 10.0 Å². The molecule has 1 aliphatic rings. The topological polar surface area (TPSA) is 161 Å². The minimum Gasteiger partial charge on any atom is -0.479 e. The van der Waals surface area contributed by atoms with Gasteiger partial charge in [-0.3, -0.25) is 0 Å². The highest BCUT2D eigenvalue weighted by molar-refractivity contribution is 6.35. The number of likely N-dealkylation sites (tertiary alicyclic amines) is 1. The van der Waals surface area contributed by atoms with E-state index in [-0.39, 0.29) is 0 Å². The zero-order valence-corrected chi connectivity index (χ0v) is 19.1. The molecular weight excluding hydrogens is 451 g/mol. The standard InChI is InChI=1S/C16H25Cl2N2O.C4H6O6/c1-16(2,21)5-6-20(9-12(8-19)10-20)11-13-3-4-14(17)7-15(13)18;5-1(3(7)8)2(6)4(9)10/h3-4,7,12,21H,5-6,8-11,19H2,1-2H3;1-2,5-6H,(H,7,8)(H,9,10)/q+1;. The van der Waals surface area contributed by atoms with Crippen molar-refractivity contribution in [1.29, 1.82) is 0 Å². The molecule has 0 amide bonds. The van der Waals surface area contributed by atoms with Crippen molar-refractivity contribution in [2.75, 3.05) is 26.2 Å². The van der Waals surface area contributed by atoms with Crippen LogP contribution in [0.3, 0.4) is 0 Å². The number of carboxylic acid groups (broad SMARTS) is 2. The minimum atomic E-state index is -2.27. The molecule has 11 heteroatoms. The lowest BCUT2D eigenvalue weighted by atomic mass is 9.92. The second-order valence-corrected chi connectivity index (χ2v) is 9.40. The third kappa shape index (κ3) is 8.89. The fourth-order valence-corrected chi connectivity index (χ4v) is 3.84. The maximum atomic E-state index is 10.0. The van der Waals surface area contributed by atoms with E-state index < -0.39 is 29.7 Å². The van der Waals surface area contributed by atoms with Crippen LogP contribution in [0.5, 0.6) is 0 Å². The number of nitrogens with two attached hydrogens (primary N) is 1. The van der Waals surface area contributed by atoms with Crippen LogP contribution in [0.1, 0.15) is 25.8 Å². The van der Waals surface area contributed by atoms with Gasteiger partial charge in [0, 0.05) is 23.6 Å². The first kappa shape index (κ1) is 27.6. The van der Waals surface area contributed by atoms with E-state index in [1.807, 2.05) is 26.0 Å². The summed E-state index contributed by atoms with van der Waals surface area (Å²) in [5, 5.41) is 43.9. The Bertz CT molecular complexity index is 746. The van der Waals surface area contributed by atoms with Gasteiger partial charge in [-0.15, -0.1) is 0 Å². The fraction of sp³-hybridized carbons (Fsp3) is 0.600. The number of rotatable bonds is 9. The van der Waals surface area contributed by atoms with Gasteiger partial charge in [-0.2, -0.15) is 0 Å². The summed E-state index contributed by atoms with van der Waals surface area (Å²) in [6, 6.07) is 5.69. The maximum Gasteiger partial charge on any atom is 0.335 e.